The second-order valence-corrected chi connectivity index (χ2v) is 10.4. The summed E-state index contributed by atoms with van der Waals surface area (Å²) in [4.78, 5) is 29.4. The Bertz CT molecular complexity index is 1310. The first-order valence-electron chi connectivity index (χ1n) is 13.2. The quantitative estimate of drug-likeness (QED) is 0.256. The summed E-state index contributed by atoms with van der Waals surface area (Å²) in [6.45, 7) is 4.40. The van der Waals surface area contributed by atoms with E-state index in [1.165, 1.54) is 0 Å². The Kier molecular flexibility index (Phi) is 8.08. The Labute approximate surface area is 227 Å². The van der Waals surface area contributed by atoms with Crippen molar-refractivity contribution in [2.24, 2.45) is 0 Å². The first-order valence-corrected chi connectivity index (χ1v) is 13.2. The summed E-state index contributed by atoms with van der Waals surface area (Å²) in [5, 5.41) is 16.6. The number of nitrogens with zero attached hydrogens (tertiary/aromatic N) is 1. The molecule has 3 heterocycles. The maximum Gasteiger partial charge on any atom is 0.251 e. The number of nitrogens with one attached hydrogen (secondary N) is 3. The van der Waals surface area contributed by atoms with E-state index in [2.05, 4.69) is 21.7 Å². The number of carbonyl (C=O) groups is 2. The Balaban J connectivity index is 1.27. The van der Waals surface area contributed by atoms with E-state index in [1.807, 2.05) is 37.4 Å². The first kappa shape index (κ1) is 27.0. The van der Waals surface area contributed by atoms with E-state index in [9.17, 15) is 9.59 Å². The molecular weight excluding hydrogens is 500 g/mol. The fourth-order valence-electron chi connectivity index (χ4n) is 5.44. The maximum absolute atomic E-state index is 13.0. The summed E-state index contributed by atoms with van der Waals surface area (Å²) in [5.41, 5.74) is 2.60. The number of ether oxygens (including phenoxy) is 3. The van der Waals surface area contributed by atoms with Gasteiger partial charge in [0.2, 0.25) is 5.91 Å². The molecule has 2 aliphatic heterocycles. The number of morpholine rings is 1. The molecule has 3 atom stereocenters. The monoisotopic (exact) mass is 534 g/mol. The van der Waals surface area contributed by atoms with Gasteiger partial charge in [0, 0.05) is 30.3 Å². The lowest BCUT2D eigenvalue weighted by Crippen LogP contribution is -2.56. The lowest BCUT2D eigenvalue weighted by Gasteiger charge is -2.42. The summed E-state index contributed by atoms with van der Waals surface area (Å²) in [6, 6.07) is 16.8. The fraction of sp³-hybridized carbons (Fsp3) is 0.414. The van der Waals surface area contributed by atoms with Gasteiger partial charge < -0.3 is 24.8 Å². The van der Waals surface area contributed by atoms with Crippen LogP contribution in [0.1, 0.15) is 48.1 Å². The molecule has 2 aromatic carbocycles. The van der Waals surface area contributed by atoms with Crippen molar-refractivity contribution >= 4 is 22.7 Å². The van der Waals surface area contributed by atoms with Crippen molar-refractivity contribution in [3.8, 4) is 5.75 Å². The van der Waals surface area contributed by atoms with Gasteiger partial charge in [-0.3, -0.25) is 19.8 Å². The van der Waals surface area contributed by atoms with E-state index in [1.54, 1.807) is 29.7 Å². The molecule has 0 aliphatic carbocycles. The molecule has 1 aromatic heterocycles. The van der Waals surface area contributed by atoms with Crippen LogP contribution in [0.25, 0.3) is 10.9 Å². The lowest BCUT2D eigenvalue weighted by molar-refractivity contribution is -0.132. The molecule has 0 spiro atoms. The number of pyridine rings is 1. The van der Waals surface area contributed by atoms with E-state index < -0.39 is 17.0 Å². The van der Waals surface area contributed by atoms with E-state index in [4.69, 9.17) is 19.4 Å². The SMILES string of the molecule is CC1(COc2ccc(C(=O)N[C@]3(CC(=O)NO)CCCOC3)cc2)OCCNC1c1ccnc2ccccc12. The van der Waals surface area contributed by atoms with Gasteiger partial charge in [-0.05, 0) is 61.7 Å². The average molecular weight is 535 g/mol. The Morgan fingerprint density at radius 3 is 2.74 bits per heavy atom. The average Bonchev–Trinajstić information content (AvgIpc) is 2.97. The van der Waals surface area contributed by atoms with Crippen molar-refractivity contribution in [2.45, 2.75) is 43.4 Å². The van der Waals surface area contributed by atoms with Crippen molar-refractivity contribution in [3.63, 3.8) is 0 Å². The second-order valence-electron chi connectivity index (χ2n) is 10.4. The van der Waals surface area contributed by atoms with Crippen molar-refractivity contribution < 1.29 is 29.0 Å². The van der Waals surface area contributed by atoms with Gasteiger partial charge in [0.05, 0.1) is 36.7 Å². The summed E-state index contributed by atoms with van der Waals surface area (Å²) in [5.74, 6) is -0.291. The van der Waals surface area contributed by atoms with Crippen molar-refractivity contribution in [2.75, 3.05) is 33.0 Å². The molecule has 10 nitrogen and oxygen atoms in total. The van der Waals surface area contributed by atoms with Gasteiger partial charge in [-0.2, -0.15) is 0 Å². The second kappa shape index (κ2) is 11.7. The summed E-state index contributed by atoms with van der Waals surface area (Å²) in [6.07, 6.45) is 3.03. The predicted molar refractivity (Wildman–Crippen MR) is 144 cm³/mol. The molecule has 3 aromatic rings. The van der Waals surface area contributed by atoms with Gasteiger partial charge >= 0.3 is 0 Å². The molecule has 0 bridgehead atoms. The Hall–Kier alpha value is -3.57. The van der Waals surface area contributed by atoms with Crippen molar-refractivity contribution in [3.05, 3.63) is 71.9 Å². The minimum Gasteiger partial charge on any atom is -0.491 e. The number of hydroxylamine groups is 1. The van der Waals surface area contributed by atoms with Crippen LogP contribution in [0, 0.1) is 0 Å². The van der Waals surface area contributed by atoms with Gasteiger partial charge in [-0.15, -0.1) is 0 Å². The molecule has 2 saturated heterocycles. The van der Waals surface area contributed by atoms with Crippen LogP contribution in [-0.2, 0) is 14.3 Å². The standard InChI is InChI=1S/C29H34N4O6/c1-28(26(31-14-16-39-28)23-11-13-30-24-6-3-2-5-22(23)24)18-38-21-9-7-20(8-10-21)27(35)32-29(17-25(34)33-36)12-4-15-37-19-29/h2-3,5-11,13,26,31,36H,4,12,14-19H2,1H3,(H,32,35)(H,33,34)/t26?,28?,29-/m0/s1. The van der Waals surface area contributed by atoms with Crippen LogP contribution in [0.4, 0.5) is 0 Å². The zero-order valence-electron chi connectivity index (χ0n) is 21.9. The molecule has 4 N–H and O–H groups in total. The molecule has 10 heteroatoms. The van der Waals surface area contributed by atoms with Gasteiger partial charge in [0.15, 0.2) is 0 Å². The van der Waals surface area contributed by atoms with E-state index in [0.29, 0.717) is 44.0 Å². The van der Waals surface area contributed by atoms with Crippen LogP contribution < -0.4 is 20.9 Å². The maximum atomic E-state index is 13.0. The third-order valence-electron chi connectivity index (χ3n) is 7.45. The molecule has 2 unspecified atom stereocenters. The number of hydrogen-bond acceptors (Lipinski definition) is 8. The van der Waals surface area contributed by atoms with Crippen LogP contribution >= 0.6 is 0 Å². The summed E-state index contributed by atoms with van der Waals surface area (Å²) >= 11 is 0. The molecule has 2 amide bonds. The van der Waals surface area contributed by atoms with Crippen LogP contribution in [-0.4, -0.2) is 66.1 Å². The molecule has 39 heavy (non-hydrogen) atoms. The topological polar surface area (TPSA) is 131 Å². The molecule has 5 rings (SSSR count). The molecule has 206 valence electrons. The van der Waals surface area contributed by atoms with Crippen LogP contribution in [0.5, 0.6) is 5.75 Å². The molecule has 0 radical (unpaired) electrons. The number of para-hydroxylation sites is 1. The highest BCUT2D eigenvalue weighted by molar-refractivity contribution is 5.95. The summed E-state index contributed by atoms with van der Waals surface area (Å²) < 4.78 is 18.0. The Morgan fingerprint density at radius 2 is 1.97 bits per heavy atom. The first-order chi connectivity index (χ1) is 18.9. The highest BCUT2D eigenvalue weighted by Gasteiger charge is 2.41. The Morgan fingerprint density at radius 1 is 1.15 bits per heavy atom. The van der Waals surface area contributed by atoms with Crippen LogP contribution in [0.3, 0.4) is 0 Å². The number of fused-ring (bicyclic) bond motifs is 1. The van der Waals surface area contributed by atoms with Crippen molar-refractivity contribution in [1.82, 2.24) is 21.1 Å². The highest BCUT2D eigenvalue weighted by atomic mass is 16.5. The highest BCUT2D eigenvalue weighted by Crippen LogP contribution is 2.35. The van der Waals surface area contributed by atoms with Gasteiger partial charge in [0.25, 0.3) is 5.91 Å². The minimum absolute atomic E-state index is 0.0724. The number of rotatable bonds is 8. The number of carbonyl (C=O) groups excluding carboxylic acids is 2. The smallest absolute Gasteiger partial charge is 0.251 e. The van der Waals surface area contributed by atoms with Gasteiger partial charge in [-0.1, -0.05) is 18.2 Å². The number of aromatic nitrogens is 1. The molecule has 0 saturated carbocycles. The normalized spacial score (nSPS) is 25.1. The third-order valence-corrected chi connectivity index (χ3v) is 7.45. The lowest BCUT2D eigenvalue weighted by atomic mass is 9.87. The molecular formula is C29H34N4O6. The zero-order chi connectivity index (χ0) is 27.3. The third kappa shape index (κ3) is 6.04. The van der Waals surface area contributed by atoms with E-state index in [-0.39, 0.29) is 25.0 Å². The predicted octanol–water partition coefficient (Wildman–Crippen LogP) is 2.91. The molecule has 2 aliphatic rings. The number of benzene rings is 2. The molecule has 2 fully saturated rings. The van der Waals surface area contributed by atoms with Crippen molar-refractivity contribution in [1.29, 1.82) is 0 Å². The minimum atomic E-state index is -0.872. The van der Waals surface area contributed by atoms with E-state index in [0.717, 1.165) is 23.0 Å². The zero-order valence-corrected chi connectivity index (χ0v) is 21.9. The van der Waals surface area contributed by atoms with Gasteiger partial charge in [0.1, 0.15) is 18.0 Å². The number of amides is 2. The fourth-order valence-corrected chi connectivity index (χ4v) is 5.44. The summed E-state index contributed by atoms with van der Waals surface area (Å²) in [7, 11) is 0. The van der Waals surface area contributed by atoms with Crippen LogP contribution in [0.2, 0.25) is 0 Å². The van der Waals surface area contributed by atoms with Gasteiger partial charge in [-0.25, -0.2) is 5.48 Å². The van der Waals surface area contributed by atoms with Crippen LogP contribution in [0.15, 0.2) is 60.8 Å². The van der Waals surface area contributed by atoms with E-state index >= 15 is 0 Å². The largest absolute Gasteiger partial charge is 0.491 e. The number of hydrogen-bond donors (Lipinski definition) is 4.